The van der Waals surface area contributed by atoms with E-state index in [1.165, 1.54) is 18.3 Å². The summed E-state index contributed by atoms with van der Waals surface area (Å²) in [5.74, 6) is -1.54. The number of amides is 1. The number of carboxylic acid groups (broad SMARTS) is 1. The van der Waals surface area contributed by atoms with Gasteiger partial charge >= 0.3 is 5.97 Å². The van der Waals surface area contributed by atoms with Gasteiger partial charge < -0.3 is 10.4 Å². The van der Waals surface area contributed by atoms with E-state index in [9.17, 15) is 9.59 Å². The molecule has 2 aromatic heterocycles. The summed E-state index contributed by atoms with van der Waals surface area (Å²) in [4.78, 5) is 27.5. The molecule has 1 unspecified atom stereocenters. The number of carboxylic acids is 1. The molecule has 0 saturated carbocycles. The van der Waals surface area contributed by atoms with Crippen molar-refractivity contribution in [3.8, 4) is 9.88 Å². The van der Waals surface area contributed by atoms with E-state index in [0.29, 0.717) is 0 Å². The second-order valence-corrected chi connectivity index (χ2v) is 5.35. The topological polar surface area (TPSA) is 79.3 Å². The minimum absolute atomic E-state index is 0.247. The van der Waals surface area contributed by atoms with Crippen LogP contribution in [0.4, 0.5) is 0 Å². The molecule has 2 N–H and O–H groups in total. The number of aromatic nitrogens is 1. The SMILES string of the molecule is CC(NC(=O)c1csc(-c2cccs2)n1)C(=O)O. The van der Waals surface area contributed by atoms with E-state index in [2.05, 4.69) is 10.3 Å². The van der Waals surface area contributed by atoms with Crippen molar-refractivity contribution in [2.75, 3.05) is 0 Å². The third-order valence-corrected chi connectivity index (χ3v) is 4.07. The zero-order chi connectivity index (χ0) is 13.1. The predicted octanol–water partition coefficient (Wildman–Crippen LogP) is 2.07. The fourth-order valence-electron chi connectivity index (χ4n) is 1.22. The third kappa shape index (κ3) is 2.74. The molecule has 0 aliphatic heterocycles. The molecular formula is C11H10N2O3S2. The van der Waals surface area contributed by atoms with Gasteiger partial charge in [-0.15, -0.1) is 22.7 Å². The Hall–Kier alpha value is -1.73. The number of hydrogen-bond donors (Lipinski definition) is 2. The van der Waals surface area contributed by atoms with Crippen molar-refractivity contribution < 1.29 is 14.7 Å². The maximum absolute atomic E-state index is 11.7. The number of aliphatic carboxylic acids is 1. The fourth-order valence-corrected chi connectivity index (χ4v) is 2.84. The van der Waals surface area contributed by atoms with Crippen LogP contribution in [-0.4, -0.2) is 28.0 Å². The maximum Gasteiger partial charge on any atom is 0.325 e. The van der Waals surface area contributed by atoms with Gasteiger partial charge in [0.2, 0.25) is 0 Å². The highest BCUT2D eigenvalue weighted by Crippen LogP contribution is 2.27. The highest BCUT2D eigenvalue weighted by Gasteiger charge is 2.17. The smallest absolute Gasteiger partial charge is 0.325 e. The summed E-state index contributed by atoms with van der Waals surface area (Å²) in [5.41, 5.74) is 0.247. The normalized spacial score (nSPS) is 12.1. The lowest BCUT2D eigenvalue weighted by atomic mass is 10.3. The summed E-state index contributed by atoms with van der Waals surface area (Å²) in [5, 5.41) is 15.4. The van der Waals surface area contributed by atoms with Crippen LogP contribution in [0.2, 0.25) is 0 Å². The molecule has 7 heteroatoms. The molecule has 94 valence electrons. The highest BCUT2D eigenvalue weighted by molar-refractivity contribution is 7.20. The predicted molar refractivity (Wildman–Crippen MR) is 70.0 cm³/mol. The molecule has 5 nitrogen and oxygen atoms in total. The molecule has 0 bridgehead atoms. The molecule has 0 saturated heterocycles. The van der Waals surface area contributed by atoms with Crippen molar-refractivity contribution in [3.63, 3.8) is 0 Å². The first-order chi connectivity index (χ1) is 8.58. The number of nitrogens with zero attached hydrogens (tertiary/aromatic N) is 1. The second kappa shape index (κ2) is 5.28. The van der Waals surface area contributed by atoms with Crippen molar-refractivity contribution in [3.05, 3.63) is 28.6 Å². The summed E-state index contributed by atoms with van der Waals surface area (Å²) >= 11 is 2.90. The lowest BCUT2D eigenvalue weighted by Crippen LogP contribution is -2.38. The van der Waals surface area contributed by atoms with Crippen LogP contribution in [0.5, 0.6) is 0 Å². The molecule has 18 heavy (non-hydrogen) atoms. The molecule has 0 aliphatic rings. The Kier molecular flexibility index (Phi) is 3.73. The van der Waals surface area contributed by atoms with Gasteiger partial charge in [-0.1, -0.05) is 6.07 Å². The second-order valence-electron chi connectivity index (χ2n) is 3.55. The minimum atomic E-state index is -1.07. The quantitative estimate of drug-likeness (QED) is 0.899. The molecule has 2 rings (SSSR count). The summed E-state index contributed by atoms with van der Waals surface area (Å²) in [6, 6.07) is 2.91. The summed E-state index contributed by atoms with van der Waals surface area (Å²) in [6.07, 6.45) is 0. The van der Waals surface area contributed by atoms with Gasteiger partial charge in [0, 0.05) is 5.38 Å². The van der Waals surface area contributed by atoms with Gasteiger partial charge in [0.05, 0.1) is 4.88 Å². The Morgan fingerprint density at radius 2 is 2.22 bits per heavy atom. The number of thiazole rings is 1. The molecule has 1 amide bonds. The maximum atomic E-state index is 11.7. The van der Waals surface area contributed by atoms with Crippen LogP contribution < -0.4 is 5.32 Å². The van der Waals surface area contributed by atoms with E-state index in [4.69, 9.17) is 5.11 Å². The first-order valence-electron chi connectivity index (χ1n) is 5.11. The van der Waals surface area contributed by atoms with E-state index in [-0.39, 0.29) is 5.69 Å². The van der Waals surface area contributed by atoms with E-state index < -0.39 is 17.9 Å². The largest absolute Gasteiger partial charge is 0.480 e. The number of thiophene rings is 1. The van der Waals surface area contributed by atoms with Gasteiger partial charge in [0.1, 0.15) is 16.7 Å². The average molecular weight is 282 g/mol. The minimum Gasteiger partial charge on any atom is -0.480 e. The fraction of sp³-hybridized carbons (Fsp3) is 0.182. The van der Waals surface area contributed by atoms with Crippen molar-refractivity contribution in [1.29, 1.82) is 0 Å². The molecule has 0 aromatic carbocycles. The van der Waals surface area contributed by atoms with Gasteiger partial charge in [-0.3, -0.25) is 9.59 Å². The zero-order valence-corrected chi connectivity index (χ0v) is 11.0. The average Bonchev–Trinajstić information content (AvgIpc) is 2.99. The number of rotatable bonds is 4. The molecule has 1 atom stereocenters. The van der Waals surface area contributed by atoms with Gasteiger partial charge in [0.15, 0.2) is 0 Å². The molecule has 0 spiro atoms. The Balaban J connectivity index is 2.11. The highest BCUT2D eigenvalue weighted by atomic mass is 32.1. The molecule has 2 heterocycles. The Morgan fingerprint density at radius 3 is 2.83 bits per heavy atom. The van der Waals surface area contributed by atoms with E-state index in [0.717, 1.165) is 9.88 Å². The van der Waals surface area contributed by atoms with Gasteiger partial charge in [-0.2, -0.15) is 0 Å². The van der Waals surface area contributed by atoms with E-state index in [1.807, 2.05) is 17.5 Å². The van der Waals surface area contributed by atoms with Crippen molar-refractivity contribution in [1.82, 2.24) is 10.3 Å². The Labute approximate surface area is 111 Å². The van der Waals surface area contributed by atoms with Crippen molar-refractivity contribution in [2.45, 2.75) is 13.0 Å². The van der Waals surface area contributed by atoms with Gasteiger partial charge in [-0.05, 0) is 18.4 Å². The number of carbonyl (C=O) groups is 2. The van der Waals surface area contributed by atoms with Crippen LogP contribution in [-0.2, 0) is 4.79 Å². The van der Waals surface area contributed by atoms with Crippen LogP contribution in [0, 0.1) is 0 Å². The molecule has 0 radical (unpaired) electrons. The van der Waals surface area contributed by atoms with E-state index in [1.54, 1.807) is 16.7 Å². The van der Waals surface area contributed by atoms with E-state index >= 15 is 0 Å². The Bertz CT molecular complexity index is 563. The number of nitrogens with one attached hydrogen (secondary N) is 1. The molecular weight excluding hydrogens is 272 g/mol. The summed E-state index contributed by atoms with van der Waals surface area (Å²) < 4.78 is 0. The van der Waals surface area contributed by atoms with Crippen LogP contribution in [0.15, 0.2) is 22.9 Å². The standard InChI is InChI=1S/C11H10N2O3S2/c1-6(11(15)16)12-9(14)7-5-18-10(13-7)8-3-2-4-17-8/h2-6H,1H3,(H,12,14)(H,15,16). The number of carbonyl (C=O) groups excluding carboxylic acids is 1. The Morgan fingerprint density at radius 1 is 1.44 bits per heavy atom. The first-order valence-corrected chi connectivity index (χ1v) is 6.87. The lowest BCUT2D eigenvalue weighted by molar-refractivity contribution is -0.138. The molecule has 2 aromatic rings. The lowest BCUT2D eigenvalue weighted by Gasteiger charge is -2.06. The van der Waals surface area contributed by atoms with Crippen LogP contribution in [0.25, 0.3) is 9.88 Å². The molecule has 0 aliphatic carbocycles. The first kappa shape index (κ1) is 12.7. The summed E-state index contributed by atoms with van der Waals surface area (Å²) in [6.45, 7) is 1.41. The zero-order valence-electron chi connectivity index (χ0n) is 9.41. The molecule has 0 fully saturated rings. The summed E-state index contributed by atoms with van der Waals surface area (Å²) in [7, 11) is 0. The van der Waals surface area contributed by atoms with Crippen molar-refractivity contribution >= 4 is 34.6 Å². The third-order valence-electron chi connectivity index (χ3n) is 2.19. The van der Waals surface area contributed by atoms with Crippen LogP contribution in [0.3, 0.4) is 0 Å². The number of hydrogen-bond acceptors (Lipinski definition) is 5. The monoisotopic (exact) mass is 282 g/mol. The van der Waals surface area contributed by atoms with Gasteiger partial charge in [0.25, 0.3) is 5.91 Å². The van der Waals surface area contributed by atoms with Crippen molar-refractivity contribution in [2.24, 2.45) is 0 Å². The van der Waals surface area contributed by atoms with Gasteiger partial charge in [-0.25, -0.2) is 4.98 Å². The van der Waals surface area contributed by atoms with Crippen LogP contribution >= 0.6 is 22.7 Å². The van der Waals surface area contributed by atoms with Crippen LogP contribution in [0.1, 0.15) is 17.4 Å².